The van der Waals surface area contributed by atoms with Crippen molar-refractivity contribution in [2.45, 2.75) is 38.4 Å². The van der Waals surface area contributed by atoms with E-state index in [1.165, 1.54) is 0 Å². The molecule has 0 spiro atoms. The van der Waals surface area contributed by atoms with Gasteiger partial charge in [0.05, 0.1) is 11.1 Å². The monoisotopic (exact) mass is 386 g/mol. The smallest absolute Gasteiger partial charge is 0.338 e. The fourth-order valence-corrected chi connectivity index (χ4v) is 2.81. The molecule has 0 radical (unpaired) electrons. The van der Waals surface area contributed by atoms with E-state index in [-0.39, 0.29) is 6.61 Å². The van der Waals surface area contributed by atoms with Crippen LogP contribution in [0.2, 0.25) is 0 Å². The molecule has 7 heteroatoms. The van der Waals surface area contributed by atoms with Crippen LogP contribution in [0.4, 0.5) is 0 Å². The number of carbonyl (C=O) groups is 2. The highest BCUT2D eigenvalue weighted by atomic mass is 16.7. The van der Waals surface area contributed by atoms with Crippen LogP contribution in [0, 0.1) is 13.8 Å². The van der Waals surface area contributed by atoms with Gasteiger partial charge in [-0.2, -0.15) is 0 Å². The molecule has 1 fully saturated rings. The Morgan fingerprint density at radius 3 is 1.93 bits per heavy atom. The minimum atomic E-state index is -1.54. The summed E-state index contributed by atoms with van der Waals surface area (Å²) in [7, 11) is 0. The van der Waals surface area contributed by atoms with E-state index < -0.39 is 36.5 Å². The summed E-state index contributed by atoms with van der Waals surface area (Å²) in [4.78, 5) is 24.5. The lowest BCUT2D eigenvalue weighted by molar-refractivity contribution is -0.133. The van der Waals surface area contributed by atoms with Crippen LogP contribution in [-0.2, 0) is 14.2 Å². The van der Waals surface area contributed by atoms with Crippen molar-refractivity contribution in [2.75, 3.05) is 6.61 Å². The number of aliphatic hydroxyl groups is 2. The van der Waals surface area contributed by atoms with Gasteiger partial charge in [-0.3, -0.25) is 0 Å². The summed E-state index contributed by atoms with van der Waals surface area (Å²) in [5.74, 6) is -1.25. The van der Waals surface area contributed by atoms with E-state index in [0.717, 1.165) is 11.1 Å². The van der Waals surface area contributed by atoms with Crippen LogP contribution in [0.3, 0.4) is 0 Å². The zero-order valence-electron chi connectivity index (χ0n) is 15.6. The molecule has 2 aromatic rings. The molecule has 7 nitrogen and oxygen atoms in total. The molecule has 2 aromatic carbocycles. The first kappa shape index (κ1) is 20.0. The molecule has 1 heterocycles. The molecule has 0 saturated carbocycles. The Kier molecular flexibility index (Phi) is 6.08. The van der Waals surface area contributed by atoms with Crippen LogP contribution in [0.25, 0.3) is 0 Å². The van der Waals surface area contributed by atoms with E-state index in [2.05, 4.69) is 0 Å². The van der Waals surface area contributed by atoms with Crippen molar-refractivity contribution < 1.29 is 34.0 Å². The first-order valence-corrected chi connectivity index (χ1v) is 8.88. The highest BCUT2D eigenvalue weighted by Crippen LogP contribution is 2.24. The average molecular weight is 386 g/mol. The first-order chi connectivity index (χ1) is 13.3. The van der Waals surface area contributed by atoms with Gasteiger partial charge in [-0.1, -0.05) is 35.4 Å². The minimum Gasteiger partial charge on any atom is -0.459 e. The van der Waals surface area contributed by atoms with Gasteiger partial charge in [0.25, 0.3) is 0 Å². The van der Waals surface area contributed by atoms with E-state index in [4.69, 9.17) is 14.2 Å². The molecule has 0 unspecified atom stereocenters. The maximum absolute atomic E-state index is 12.3. The lowest BCUT2D eigenvalue weighted by atomic mass is 10.1. The highest BCUT2D eigenvalue weighted by molar-refractivity contribution is 5.90. The number of esters is 2. The third-order valence-corrected chi connectivity index (χ3v) is 4.51. The quantitative estimate of drug-likeness (QED) is 0.755. The second-order valence-electron chi connectivity index (χ2n) is 6.76. The second-order valence-corrected chi connectivity index (χ2v) is 6.76. The van der Waals surface area contributed by atoms with Crippen molar-refractivity contribution in [1.29, 1.82) is 0 Å². The van der Waals surface area contributed by atoms with E-state index in [1.54, 1.807) is 48.5 Å². The van der Waals surface area contributed by atoms with Crippen LogP contribution in [-0.4, -0.2) is 53.4 Å². The zero-order chi connectivity index (χ0) is 20.3. The Labute approximate surface area is 162 Å². The van der Waals surface area contributed by atoms with Crippen LogP contribution >= 0.6 is 0 Å². The largest absolute Gasteiger partial charge is 0.459 e. The molecule has 1 saturated heterocycles. The number of aliphatic hydroxyl groups excluding tert-OH is 2. The van der Waals surface area contributed by atoms with Crippen molar-refractivity contribution >= 4 is 11.9 Å². The number of aryl methyl sites for hydroxylation is 2. The number of hydrogen-bond donors (Lipinski definition) is 2. The summed E-state index contributed by atoms with van der Waals surface area (Å²) in [6.07, 6.45) is -5.15. The number of carbonyl (C=O) groups excluding carboxylic acids is 2. The average Bonchev–Trinajstić information content (AvgIpc) is 2.95. The molecule has 0 amide bonds. The van der Waals surface area contributed by atoms with Gasteiger partial charge >= 0.3 is 11.9 Å². The molecule has 1 aliphatic rings. The summed E-state index contributed by atoms with van der Waals surface area (Å²) < 4.78 is 15.7. The highest BCUT2D eigenvalue weighted by Gasteiger charge is 2.46. The third kappa shape index (κ3) is 4.56. The lowest BCUT2D eigenvalue weighted by Crippen LogP contribution is -2.39. The van der Waals surface area contributed by atoms with E-state index in [9.17, 15) is 19.8 Å². The van der Waals surface area contributed by atoms with Gasteiger partial charge in [-0.25, -0.2) is 9.59 Å². The number of benzene rings is 2. The van der Waals surface area contributed by atoms with Crippen LogP contribution in [0.5, 0.6) is 0 Å². The topological polar surface area (TPSA) is 102 Å². The Hall–Kier alpha value is -2.74. The molecule has 0 bridgehead atoms. The third-order valence-electron chi connectivity index (χ3n) is 4.51. The molecule has 3 rings (SSSR count). The van der Waals surface area contributed by atoms with Gasteiger partial charge in [0.15, 0.2) is 12.4 Å². The summed E-state index contributed by atoms with van der Waals surface area (Å²) >= 11 is 0. The molecule has 1 aliphatic heterocycles. The number of hydrogen-bond acceptors (Lipinski definition) is 7. The molecule has 0 aromatic heterocycles. The maximum atomic E-state index is 12.3. The van der Waals surface area contributed by atoms with E-state index in [0.29, 0.717) is 11.1 Å². The SMILES string of the molecule is Cc1ccc(C(=O)OC[C@@H]2O[C@H](O)[C@H](O)[C@H]2OC(=O)c2ccc(C)cc2)cc1. The van der Waals surface area contributed by atoms with Crippen LogP contribution < -0.4 is 0 Å². The molecule has 28 heavy (non-hydrogen) atoms. The Balaban J connectivity index is 1.63. The Morgan fingerprint density at radius 2 is 1.39 bits per heavy atom. The molecule has 148 valence electrons. The van der Waals surface area contributed by atoms with Crippen molar-refractivity contribution in [1.82, 2.24) is 0 Å². The van der Waals surface area contributed by atoms with Crippen LogP contribution in [0.1, 0.15) is 31.8 Å². The molecule has 0 aliphatic carbocycles. The fraction of sp³-hybridized carbons (Fsp3) is 0.333. The summed E-state index contributed by atoms with van der Waals surface area (Å²) in [5.41, 5.74) is 2.65. The molecule has 4 atom stereocenters. The first-order valence-electron chi connectivity index (χ1n) is 8.88. The predicted molar refractivity (Wildman–Crippen MR) is 98.7 cm³/mol. The van der Waals surface area contributed by atoms with E-state index in [1.807, 2.05) is 13.8 Å². The van der Waals surface area contributed by atoms with E-state index >= 15 is 0 Å². The Morgan fingerprint density at radius 1 is 0.893 bits per heavy atom. The van der Waals surface area contributed by atoms with Crippen molar-refractivity contribution in [3.63, 3.8) is 0 Å². The minimum absolute atomic E-state index is 0.285. The van der Waals surface area contributed by atoms with Gasteiger partial charge in [0.1, 0.15) is 18.8 Å². The number of rotatable bonds is 5. The zero-order valence-corrected chi connectivity index (χ0v) is 15.6. The standard InChI is InChI=1S/C21H22O7/c1-12-3-7-14(8-4-12)19(23)26-11-16-18(17(22)21(25)27-16)28-20(24)15-9-5-13(2)6-10-15/h3-10,16-18,21-22,25H,11H2,1-2H3/t16-,17+,18-,21-/m0/s1. The van der Waals surface area contributed by atoms with Crippen molar-refractivity contribution in [3.05, 3.63) is 70.8 Å². The lowest BCUT2D eigenvalue weighted by Gasteiger charge is -2.20. The second kappa shape index (κ2) is 8.52. The van der Waals surface area contributed by atoms with Crippen LogP contribution in [0.15, 0.2) is 48.5 Å². The number of ether oxygens (including phenoxy) is 3. The van der Waals surface area contributed by atoms with Gasteiger partial charge in [-0.15, -0.1) is 0 Å². The predicted octanol–water partition coefficient (Wildman–Crippen LogP) is 1.76. The normalized spacial score (nSPS) is 24.0. The maximum Gasteiger partial charge on any atom is 0.338 e. The molecular weight excluding hydrogens is 364 g/mol. The summed E-state index contributed by atoms with van der Waals surface area (Å²) in [5, 5.41) is 19.9. The van der Waals surface area contributed by atoms with Crippen molar-refractivity contribution in [2.24, 2.45) is 0 Å². The van der Waals surface area contributed by atoms with Gasteiger partial charge in [0.2, 0.25) is 0 Å². The van der Waals surface area contributed by atoms with Gasteiger partial charge < -0.3 is 24.4 Å². The molecular formula is C21H22O7. The van der Waals surface area contributed by atoms with Gasteiger partial charge in [0, 0.05) is 0 Å². The summed E-state index contributed by atoms with van der Waals surface area (Å²) in [6.45, 7) is 3.50. The molecule has 2 N–H and O–H groups in total. The Bertz CT molecular complexity index is 829. The summed E-state index contributed by atoms with van der Waals surface area (Å²) in [6, 6.07) is 13.5. The van der Waals surface area contributed by atoms with Gasteiger partial charge in [-0.05, 0) is 38.1 Å². The van der Waals surface area contributed by atoms with Crippen molar-refractivity contribution in [3.8, 4) is 0 Å². The fourth-order valence-electron chi connectivity index (χ4n) is 2.81.